The predicted molar refractivity (Wildman–Crippen MR) is 91.2 cm³/mol. The van der Waals surface area contributed by atoms with E-state index in [1.807, 2.05) is 6.08 Å². The van der Waals surface area contributed by atoms with E-state index >= 15 is 0 Å². The second kappa shape index (κ2) is 8.17. The van der Waals surface area contributed by atoms with Crippen molar-refractivity contribution >= 4 is 5.97 Å². The maximum absolute atomic E-state index is 10.4. The third-order valence-corrected chi connectivity index (χ3v) is 4.54. The van der Waals surface area contributed by atoms with Crippen LogP contribution in [0.2, 0.25) is 0 Å². The number of carbonyl (C=O) groups excluding carboxylic acids is 1. The average molecular weight is 301 g/mol. The molecule has 1 aliphatic carbocycles. The van der Waals surface area contributed by atoms with Gasteiger partial charge in [-0.05, 0) is 69.9 Å². The minimum Gasteiger partial charge on any atom is -0.545 e. The number of allylic oxidation sites excluding steroid dienone is 7. The molecule has 0 saturated heterocycles. The van der Waals surface area contributed by atoms with Crippen LogP contribution in [0.25, 0.3) is 0 Å². The number of carboxylic acid groups (broad SMARTS) is 1. The van der Waals surface area contributed by atoms with Crippen LogP contribution in [-0.4, -0.2) is 5.97 Å². The molecule has 0 radical (unpaired) electrons. The summed E-state index contributed by atoms with van der Waals surface area (Å²) in [4.78, 5) is 10.4. The van der Waals surface area contributed by atoms with Gasteiger partial charge in [-0.15, -0.1) is 0 Å². The predicted octanol–water partition coefficient (Wildman–Crippen LogP) is 4.49. The van der Waals surface area contributed by atoms with Crippen molar-refractivity contribution in [1.82, 2.24) is 0 Å². The molecule has 1 rings (SSSR count). The van der Waals surface area contributed by atoms with Crippen LogP contribution in [0.1, 0.15) is 66.7 Å². The molecule has 0 heterocycles. The second-order valence-electron chi connectivity index (χ2n) is 7.08. The molecule has 22 heavy (non-hydrogen) atoms. The van der Waals surface area contributed by atoms with Crippen LogP contribution in [0.3, 0.4) is 0 Å². The fourth-order valence-corrected chi connectivity index (χ4v) is 3.23. The third-order valence-electron chi connectivity index (χ3n) is 4.54. The van der Waals surface area contributed by atoms with E-state index in [-0.39, 0.29) is 0 Å². The van der Waals surface area contributed by atoms with Crippen LogP contribution in [-0.2, 0) is 4.79 Å². The Labute approximate surface area is 135 Å². The van der Waals surface area contributed by atoms with Crippen LogP contribution in [0.5, 0.6) is 0 Å². The summed E-state index contributed by atoms with van der Waals surface area (Å²) in [5.74, 6) is -1.15. The van der Waals surface area contributed by atoms with Gasteiger partial charge in [0.25, 0.3) is 0 Å². The molecule has 0 N–H and O–H groups in total. The molecule has 122 valence electrons. The maximum Gasteiger partial charge on any atom is 0.0645 e. The first-order valence-corrected chi connectivity index (χ1v) is 8.14. The van der Waals surface area contributed by atoms with Gasteiger partial charge in [0.1, 0.15) is 0 Å². The van der Waals surface area contributed by atoms with Gasteiger partial charge in [0.15, 0.2) is 0 Å². The molecule has 0 aliphatic heterocycles. The summed E-state index contributed by atoms with van der Waals surface area (Å²) in [5.41, 5.74) is 5.55. The molecular weight excluding hydrogens is 272 g/mol. The molecule has 0 aromatic rings. The first-order chi connectivity index (χ1) is 10.2. The summed E-state index contributed by atoms with van der Waals surface area (Å²) in [6, 6.07) is 0. The summed E-state index contributed by atoms with van der Waals surface area (Å²) >= 11 is 0. The Bertz CT molecular complexity index is 528. The summed E-state index contributed by atoms with van der Waals surface area (Å²) < 4.78 is 0. The van der Waals surface area contributed by atoms with Crippen molar-refractivity contribution in [2.75, 3.05) is 0 Å². The van der Waals surface area contributed by atoms with Crippen molar-refractivity contribution in [2.45, 2.75) is 66.7 Å². The van der Waals surface area contributed by atoms with Gasteiger partial charge < -0.3 is 9.90 Å². The number of carbonyl (C=O) groups is 1. The lowest BCUT2D eigenvalue weighted by Gasteiger charge is -2.34. The Balaban J connectivity index is 2.62. The minimum atomic E-state index is -1.15. The highest BCUT2D eigenvalue weighted by Crippen LogP contribution is 2.42. The molecule has 0 atom stereocenters. The zero-order valence-electron chi connectivity index (χ0n) is 14.7. The Hall–Kier alpha value is -1.57. The molecule has 2 nitrogen and oxygen atoms in total. The average Bonchev–Trinajstić information content (AvgIpc) is 2.36. The molecule has 0 amide bonds. The first kappa shape index (κ1) is 18.5. The zero-order valence-corrected chi connectivity index (χ0v) is 14.7. The lowest BCUT2D eigenvalue weighted by Crippen LogP contribution is -2.20. The molecule has 0 spiro atoms. The summed E-state index contributed by atoms with van der Waals surface area (Å²) in [7, 11) is 0. The normalized spacial score (nSPS) is 19.9. The minimum absolute atomic E-state index is 0.340. The monoisotopic (exact) mass is 301 g/mol. The van der Waals surface area contributed by atoms with E-state index < -0.39 is 5.97 Å². The van der Waals surface area contributed by atoms with Gasteiger partial charge in [-0.3, -0.25) is 0 Å². The van der Waals surface area contributed by atoms with Gasteiger partial charge in [0.2, 0.25) is 0 Å². The van der Waals surface area contributed by atoms with E-state index in [1.165, 1.54) is 24.8 Å². The van der Waals surface area contributed by atoms with Crippen molar-refractivity contribution < 1.29 is 9.90 Å². The van der Waals surface area contributed by atoms with Crippen LogP contribution >= 0.6 is 0 Å². The highest BCUT2D eigenvalue weighted by atomic mass is 16.4. The SMILES string of the molecule is CC1=C(CC/C(C)=C/C=C/C(C)=C/C(=O)[O-])C(C)(C)CCC1. The fourth-order valence-electron chi connectivity index (χ4n) is 3.23. The Morgan fingerprint density at radius 1 is 1.32 bits per heavy atom. The van der Waals surface area contributed by atoms with Crippen molar-refractivity contribution in [1.29, 1.82) is 0 Å². The smallest absolute Gasteiger partial charge is 0.0645 e. The number of aliphatic carboxylic acids is 1. The largest absolute Gasteiger partial charge is 0.545 e. The van der Waals surface area contributed by atoms with Crippen molar-refractivity contribution in [3.63, 3.8) is 0 Å². The van der Waals surface area contributed by atoms with E-state index in [2.05, 4.69) is 33.8 Å². The number of hydrogen-bond donors (Lipinski definition) is 0. The highest BCUT2D eigenvalue weighted by Gasteiger charge is 2.27. The fraction of sp³-hybridized carbons (Fsp3) is 0.550. The van der Waals surface area contributed by atoms with Gasteiger partial charge in [-0.2, -0.15) is 0 Å². The standard InChI is InChI=1S/C20H30O2/c1-15(8-6-9-16(2)14-19(21)22)11-12-18-17(3)10-7-13-20(18,4)5/h6,8-9,14H,7,10-13H2,1-5H3,(H,21,22)/p-1/b9-6+,15-8+,16-14+. The number of carboxylic acids is 1. The second-order valence-corrected chi connectivity index (χ2v) is 7.08. The molecule has 1 aliphatic rings. The Morgan fingerprint density at radius 2 is 2.00 bits per heavy atom. The van der Waals surface area contributed by atoms with Crippen LogP contribution in [0.15, 0.2) is 46.6 Å². The van der Waals surface area contributed by atoms with Crippen molar-refractivity contribution in [3.05, 3.63) is 46.6 Å². The molecule has 0 fully saturated rings. The molecule has 0 aromatic carbocycles. The van der Waals surface area contributed by atoms with E-state index in [0.29, 0.717) is 11.0 Å². The quantitative estimate of drug-likeness (QED) is 0.412. The number of rotatable bonds is 6. The van der Waals surface area contributed by atoms with Crippen LogP contribution in [0, 0.1) is 5.41 Å². The van der Waals surface area contributed by atoms with E-state index in [9.17, 15) is 9.90 Å². The molecule has 0 unspecified atom stereocenters. The molecular formula is C20H29O2-. The first-order valence-electron chi connectivity index (χ1n) is 8.14. The Kier molecular flexibility index (Phi) is 6.86. The lowest BCUT2D eigenvalue weighted by molar-refractivity contribution is -0.297. The van der Waals surface area contributed by atoms with Crippen molar-refractivity contribution in [3.8, 4) is 0 Å². The third kappa shape index (κ3) is 6.05. The lowest BCUT2D eigenvalue weighted by atomic mass is 9.71. The molecule has 2 heteroatoms. The van der Waals surface area contributed by atoms with Crippen molar-refractivity contribution in [2.24, 2.45) is 5.41 Å². The van der Waals surface area contributed by atoms with E-state index in [0.717, 1.165) is 18.9 Å². The van der Waals surface area contributed by atoms with E-state index in [4.69, 9.17) is 0 Å². The summed E-state index contributed by atoms with van der Waals surface area (Å²) in [5, 5.41) is 10.4. The van der Waals surface area contributed by atoms with E-state index in [1.54, 1.807) is 24.1 Å². The van der Waals surface area contributed by atoms with Gasteiger partial charge >= 0.3 is 0 Å². The summed E-state index contributed by atoms with van der Waals surface area (Å²) in [6.45, 7) is 10.9. The summed E-state index contributed by atoms with van der Waals surface area (Å²) in [6.07, 6.45) is 12.9. The highest BCUT2D eigenvalue weighted by molar-refractivity contribution is 5.79. The van der Waals surface area contributed by atoms with Gasteiger partial charge in [-0.25, -0.2) is 0 Å². The van der Waals surface area contributed by atoms with Gasteiger partial charge in [0.05, 0.1) is 5.97 Å². The zero-order chi connectivity index (χ0) is 16.8. The van der Waals surface area contributed by atoms with Gasteiger partial charge in [0, 0.05) is 0 Å². The van der Waals surface area contributed by atoms with Crippen LogP contribution < -0.4 is 5.11 Å². The molecule has 0 bridgehead atoms. The molecule has 0 aromatic heterocycles. The molecule has 0 saturated carbocycles. The Morgan fingerprint density at radius 3 is 2.59 bits per heavy atom. The maximum atomic E-state index is 10.4. The van der Waals surface area contributed by atoms with Crippen LogP contribution in [0.4, 0.5) is 0 Å². The van der Waals surface area contributed by atoms with Gasteiger partial charge in [-0.1, -0.05) is 48.8 Å². The number of hydrogen-bond acceptors (Lipinski definition) is 2. The topological polar surface area (TPSA) is 40.1 Å².